The first-order chi connectivity index (χ1) is 7.63. The minimum absolute atomic E-state index is 0.312. The second kappa shape index (κ2) is 6.45. The van der Waals surface area contributed by atoms with Gasteiger partial charge in [0.2, 0.25) is 0 Å². The molecule has 0 aromatic heterocycles. The van der Waals surface area contributed by atoms with Gasteiger partial charge in [0, 0.05) is 17.6 Å². The van der Waals surface area contributed by atoms with Crippen molar-refractivity contribution in [2.45, 2.75) is 6.54 Å². The Balaban J connectivity index is 2.51. The molecule has 0 atom stereocenters. The molecule has 1 rings (SSSR count). The van der Waals surface area contributed by atoms with Crippen molar-refractivity contribution in [2.75, 3.05) is 13.7 Å². The third-order valence-electron chi connectivity index (χ3n) is 2.02. The summed E-state index contributed by atoms with van der Waals surface area (Å²) in [6.07, 6.45) is 0. The van der Waals surface area contributed by atoms with Crippen molar-refractivity contribution >= 4 is 21.9 Å². The summed E-state index contributed by atoms with van der Waals surface area (Å²) in [7, 11) is 1.37. The van der Waals surface area contributed by atoms with Crippen molar-refractivity contribution in [3.8, 4) is 0 Å². The van der Waals surface area contributed by atoms with Crippen molar-refractivity contribution in [1.82, 2.24) is 5.32 Å². The van der Waals surface area contributed by atoms with Crippen LogP contribution in [0.15, 0.2) is 35.3 Å². The maximum absolute atomic E-state index is 11.2. The lowest BCUT2D eigenvalue weighted by molar-refractivity contribution is 0.0600. The van der Waals surface area contributed by atoms with Crippen LogP contribution in [0.2, 0.25) is 0 Å². The zero-order chi connectivity index (χ0) is 12.0. The zero-order valence-electron chi connectivity index (χ0n) is 9.13. The lowest BCUT2D eigenvalue weighted by atomic mass is 10.1. The highest BCUT2D eigenvalue weighted by Gasteiger charge is 2.03. The molecule has 0 fully saturated rings. The van der Waals surface area contributed by atoms with Gasteiger partial charge in [0.05, 0.1) is 12.7 Å². The van der Waals surface area contributed by atoms with Crippen LogP contribution in [0.25, 0.3) is 0 Å². The molecule has 0 aliphatic heterocycles. The smallest absolute Gasteiger partial charge is 0.337 e. The van der Waals surface area contributed by atoms with E-state index in [1.807, 2.05) is 12.1 Å². The third-order valence-corrected chi connectivity index (χ3v) is 2.30. The third kappa shape index (κ3) is 4.16. The van der Waals surface area contributed by atoms with Crippen molar-refractivity contribution < 1.29 is 9.53 Å². The molecule has 3 nitrogen and oxygen atoms in total. The summed E-state index contributed by atoms with van der Waals surface area (Å²) in [5.41, 5.74) is 1.68. The highest BCUT2D eigenvalue weighted by atomic mass is 79.9. The second-order valence-electron chi connectivity index (χ2n) is 3.31. The van der Waals surface area contributed by atoms with Crippen molar-refractivity contribution in [1.29, 1.82) is 0 Å². The van der Waals surface area contributed by atoms with Crippen LogP contribution in [0.4, 0.5) is 0 Å². The van der Waals surface area contributed by atoms with E-state index in [4.69, 9.17) is 0 Å². The van der Waals surface area contributed by atoms with Crippen LogP contribution in [-0.4, -0.2) is 19.6 Å². The van der Waals surface area contributed by atoms with Gasteiger partial charge in [-0.15, -0.1) is 0 Å². The van der Waals surface area contributed by atoms with E-state index in [2.05, 4.69) is 32.6 Å². The Morgan fingerprint density at radius 2 is 2.06 bits per heavy atom. The number of rotatable bonds is 5. The highest BCUT2D eigenvalue weighted by Crippen LogP contribution is 2.06. The van der Waals surface area contributed by atoms with Crippen molar-refractivity contribution in [3.05, 3.63) is 46.5 Å². The van der Waals surface area contributed by atoms with Gasteiger partial charge >= 0.3 is 5.97 Å². The molecule has 0 spiro atoms. The van der Waals surface area contributed by atoms with Crippen LogP contribution in [0.1, 0.15) is 15.9 Å². The first kappa shape index (κ1) is 12.9. The Kier molecular flexibility index (Phi) is 5.22. The van der Waals surface area contributed by atoms with Gasteiger partial charge in [-0.3, -0.25) is 0 Å². The minimum Gasteiger partial charge on any atom is -0.465 e. The number of methoxy groups -OCH3 is 1. The molecule has 0 heterocycles. The molecule has 0 aliphatic rings. The molecular formula is C12H14BrNO2. The van der Waals surface area contributed by atoms with E-state index in [-0.39, 0.29) is 5.97 Å². The summed E-state index contributed by atoms with van der Waals surface area (Å²) in [4.78, 5) is 11.2. The molecule has 1 aromatic rings. The number of carbonyl (C=O) groups is 1. The largest absolute Gasteiger partial charge is 0.465 e. The maximum Gasteiger partial charge on any atom is 0.337 e. The number of halogens is 1. The number of hydrogen-bond donors (Lipinski definition) is 1. The number of benzene rings is 1. The lowest BCUT2D eigenvalue weighted by Crippen LogP contribution is -2.14. The average Bonchev–Trinajstić information content (AvgIpc) is 2.28. The lowest BCUT2D eigenvalue weighted by Gasteiger charge is -2.04. The SMILES string of the molecule is C=C(Br)CNCc1ccc(C(=O)OC)cc1. The van der Waals surface area contributed by atoms with Gasteiger partial charge in [-0.1, -0.05) is 34.6 Å². The Morgan fingerprint density at radius 1 is 1.44 bits per heavy atom. The molecule has 4 heteroatoms. The number of carbonyl (C=O) groups excluding carboxylic acids is 1. The van der Waals surface area contributed by atoms with Crippen LogP contribution < -0.4 is 5.32 Å². The predicted molar refractivity (Wildman–Crippen MR) is 67.6 cm³/mol. The summed E-state index contributed by atoms with van der Waals surface area (Å²) in [5, 5.41) is 3.20. The van der Waals surface area contributed by atoms with E-state index >= 15 is 0 Å². The van der Waals surface area contributed by atoms with Crippen molar-refractivity contribution in [3.63, 3.8) is 0 Å². The zero-order valence-corrected chi connectivity index (χ0v) is 10.7. The first-order valence-electron chi connectivity index (χ1n) is 4.84. The summed E-state index contributed by atoms with van der Waals surface area (Å²) in [5.74, 6) is -0.312. The van der Waals surface area contributed by atoms with Crippen LogP contribution in [0.5, 0.6) is 0 Å². The van der Waals surface area contributed by atoms with E-state index < -0.39 is 0 Å². The molecule has 86 valence electrons. The summed E-state index contributed by atoms with van der Waals surface area (Å²) < 4.78 is 5.53. The summed E-state index contributed by atoms with van der Waals surface area (Å²) >= 11 is 3.27. The number of esters is 1. The van der Waals surface area contributed by atoms with Crippen LogP contribution in [0.3, 0.4) is 0 Å². The molecule has 0 aliphatic carbocycles. The van der Waals surface area contributed by atoms with Gasteiger partial charge in [-0.25, -0.2) is 4.79 Å². The molecule has 0 unspecified atom stereocenters. The monoisotopic (exact) mass is 283 g/mol. The van der Waals surface area contributed by atoms with Crippen LogP contribution in [-0.2, 0) is 11.3 Å². The van der Waals surface area contributed by atoms with Crippen molar-refractivity contribution in [2.24, 2.45) is 0 Å². The Bertz CT molecular complexity index is 373. The topological polar surface area (TPSA) is 38.3 Å². The van der Waals surface area contributed by atoms with Gasteiger partial charge in [-0.2, -0.15) is 0 Å². The molecule has 1 aromatic carbocycles. The van der Waals surface area contributed by atoms with E-state index in [9.17, 15) is 4.79 Å². The fourth-order valence-electron chi connectivity index (χ4n) is 1.22. The van der Waals surface area contributed by atoms with E-state index in [1.54, 1.807) is 12.1 Å². The molecule has 0 amide bonds. The van der Waals surface area contributed by atoms with Gasteiger partial charge in [0.15, 0.2) is 0 Å². The molecule has 0 saturated carbocycles. The van der Waals surface area contributed by atoms with E-state index in [0.29, 0.717) is 5.56 Å². The van der Waals surface area contributed by atoms with Gasteiger partial charge in [0.25, 0.3) is 0 Å². The molecule has 0 saturated heterocycles. The number of nitrogens with one attached hydrogen (secondary N) is 1. The average molecular weight is 284 g/mol. The maximum atomic E-state index is 11.2. The fourth-order valence-corrected chi connectivity index (χ4v) is 1.42. The Hall–Kier alpha value is -1.13. The predicted octanol–water partition coefficient (Wildman–Crippen LogP) is 2.47. The standard InChI is InChI=1S/C12H14BrNO2/c1-9(13)7-14-8-10-3-5-11(6-4-10)12(15)16-2/h3-6,14H,1,7-8H2,2H3. The summed E-state index contributed by atoms with van der Waals surface area (Å²) in [6, 6.07) is 7.31. The molecule has 0 radical (unpaired) electrons. The minimum atomic E-state index is -0.312. The Morgan fingerprint density at radius 3 is 2.56 bits per heavy atom. The second-order valence-corrected chi connectivity index (χ2v) is 4.43. The molecule has 16 heavy (non-hydrogen) atoms. The number of ether oxygens (including phenoxy) is 1. The quantitative estimate of drug-likeness (QED) is 0.844. The number of hydrogen-bond acceptors (Lipinski definition) is 3. The normalized spacial score (nSPS) is 9.88. The fraction of sp³-hybridized carbons (Fsp3) is 0.250. The Labute approximate surface area is 104 Å². The molecule has 0 bridgehead atoms. The van der Waals surface area contributed by atoms with Gasteiger partial charge in [0.1, 0.15) is 0 Å². The summed E-state index contributed by atoms with van der Waals surface area (Å²) in [6.45, 7) is 5.19. The van der Waals surface area contributed by atoms with Crippen LogP contribution >= 0.6 is 15.9 Å². The van der Waals surface area contributed by atoms with E-state index in [0.717, 1.165) is 23.1 Å². The van der Waals surface area contributed by atoms with Gasteiger partial charge < -0.3 is 10.1 Å². The first-order valence-corrected chi connectivity index (χ1v) is 5.64. The molecular weight excluding hydrogens is 270 g/mol. The molecule has 1 N–H and O–H groups in total. The highest BCUT2D eigenvalue weighted by molar-refractivity contribution is 9.11. The van der Waals surface area contributed by atoms with Gasteiger partial charge in [-0.05, 0) is 17.7 Å². The van der Waals surface area contributed by atoms with E-state index in [1.165, 1.54) is 7.11 Å². The van der Waals surface area contributed by atoms with Crippen LogP contribution in [0, 0.1) is 0 Å².